The second kappa shape index (κ2) is 11.3. The van der Waals surface area contributed by atoms with E-state index in [4.69, 9.17) is 9.73 Å². The summed E-state index contributed by atoms with van der Waals surface area (Å²) in [6.45, 7) is 13.0. The standard InChI is InChI=1S/C25H39N5O/c1-5-26-24(29-18-21-12-9-17-31-23(21)25(2,3)4)28-14-13-22-27-15-16-30(22)19-20-10-7-6-8-11-20/h6-8,10-11,15-16,21,23H,5,9,12-14,17-19H2,1-4H3,(H2,26,28,29). The first-order chi connectivity index (χ1) is 15.0. The number of aliphatic imine (C=N–C) groups is 1. The van der Waals surface area contributed by atoms with E-state index in [1.807, 2.05) is 12.3 Å². The monoisotopic (exact) mass is 425 g/mol. The third-order valence-electron chi connectivity index (χ3n) is 5.76. The Morgan fingerprint density at radius 2 is 2.03 bits per heavy atom. The maximum Gasteiger partial charge on any atom is 0.191 e. The summed E-state index contributed by atoms with van der Waals surface area (Å²) in [5, 5.41) is 6.87. The van der Waals surface area contributed by atoms with Crippen molar-refractivity contribution in [3.05, 3.63) is 54.1 Å². The predicted molar refractivity (Wildman–Crippen MR) is 127 cm³/mol. The number of hydrogen-bond donors (Lipinski definition) is 2. The summed E-state index contributed by atoms with van der Waals surface area (Å²) in [5.41, 5.74) is 1.43. The Kier molecular flexibility index (Phi) is 8.52. The molecular weight excluding hydrogens is 386 g/mol. The lowest BCUT2D eigenvalue weighted by molar-refractivity contribution is -0.0823. The zero-order valence-electron chi connectivity index (χ0n) is 19.6. The van der Waals surface area contributed by atoms with Gasteiger partial charge in [-0.25, -0.2) is 4.98 Å². The Labute approximate surface area is 187 Å². The molecule has 2 heterocycles. The number of rotatable bonds is 8. The molecule has 0 spiro atoms. The van der Waals surface area contributed by atoms with Crippen LogP contribution in [-0.4, -0.2) is 47.9 Å². The molecule has 2 unspecified atom stereocenters. The van der Waals surface area contributed by atoms with Gasteiger partial charge in [-0.05, 0) is 30.7 Å². The minimum Gasteiger partial charge on any atom is -0.377 e. The number of hydrogen-bond acceptors (Lipinski definition) is 3. The molecule has 0 bridgehead atoms. The highest BCUT2D eigenvalue weighted by atomic mass is 16.5. The molecule has 1 saturated heterocycles. The van der Waals surface area contributed by atoms with Crippen LogP contribution in [-0.2, 0) is 17.7 Å². The third kappa shape index (κ3) is 7.10. The van der Waals surface area contributed by atoms with Crippen molar-refractivity contribution >= 4 is 5.96 Å². The van der Waals surface area contributed by atoms with Gasteiger partial charge in [0.25, 0.3) is 0 Å². The Morgan fingerprint density at radius 1 is 1.23 bits per heavy atom. The molecule has 0 saturated carbocycles. The smallest absolute Gasteiger partial charge is 0.191 e. The molecular formula is C25H39N5O. The fourth-order valence-corrected chi connectivity index (χ4v) is 4.32. The van der Waals surface area contributed by atoms with Gasteiger partial charge in [0.2, 0.25) is 0 Å². The van der Waals surface area contributed by atoms with E-state index in [2.05, 4.69) is 78.3 Å². The van der Waals surface area contributed by atoms with E-state index in [0.29, 0.717) is 5.92 Å². The first-order valence-corrected chi connectivity index (χ1v) is 11.6. The molecule has 31 heavy (non-hydrogen) atoms. The molecule has 1 aromatic carbocycles. The fraction of sp³-hybridized carbons (Fsp3) is 0.600. The lowest BCUT2D eigenvalue weighted by Crippen LogP contribution is -2.43. The summed E-state index contributed by atoms with van der Waals surface area (Å²) in [6.07, 6.45) is 7.35. The molecule has 0 radical (unpaired) electrons. The van der Waals surface area contributed by atoms with Crippen LogP contribution in [0.3, 0.4) is 0 Å². The number of benzene rings is 1. The van der Waals surface area contributed by atoms with Crippen LogP contribution >= 0.6 is 0 Å². The topological polar surface area (TPSA) is 63.5 Å². The second-order valence-corrected chi connectivity index (χ2v) is 9.41. The Balaban J connectivity index is 1.54. The summed E-state index contributed by atoms with van der Waals surface area (Å²) >= 11 is 0. The lowest BCUT2D eigenvalue weighted by Gasteiger charge is -2.39. The summed E-state index contributed by atoms with van der Waals surface area (Å²) in [7, 11) is 0. The van der Waals surface area contributed by atoms with Gasteiger partial charge < -0.3 is 19.9 Å². The Bertz CT molecular complexity index is 809. The van der Waals surface area contributed by atoms with Crippen molar-refractivity contribution in [2.24, 2.45) is 16.3 Å². The number of nitrogens with one attached hydrogen (secondary N) is 2. The van der Waals surface area contributed by atoms with Crippen molar-refractivity contribution in [1.82, 2.24) is 20.2 Å². The summed E-state index contributed by atoms with van der Waals surface area (Å²) in [6, 6.07) is 10.5. The number of aromatic nitrogens is 2. The van der Waals surface area contributed by atoms with E-state index < -0.39 is 0 Å². The van der Waals surface area contributed by atoms with Crippen LogP contribution in [0.25, 0.3) is 0 Å². The van der Waals surface area contributed by atoms with E-state index in [-0.39, 0.29) is 11.5 Å². The average Bonchev–Trinajstić information content (AvgIpc) is 3.19. The highest BCUT2D eigenvalue weighted by Crippen LogP contribution is 2.34. The van der Waals surface area contributed by atoms with Crippen LogP contribution in [0.2, 0.25) is 0 Å². The van der Waals surface area contributed by atoms with Crippen molar-refractivity contribution in [3.8, 4) is 0 Å². The number of ether oxygens (including phenoxy) is 1. The lowest BCUT2D eigenvalue weighted by atomic mass is 9.78. The van der Waals surface area contributed by atoms with E-state index in [1.165, 1.54) is 12.0 Å². The molecule has 2 atom stereocenters. The van der Waals surface area contributed by atoms with Crippen molar-refractivity contribution in [3.63, 3.8) is 0 Å². The molecule has 1 fully saturated rings. The van der Waals surface area contributed by atoms with Gasteiger partial charge in [-0.3, -0.25) is 4.99 Å². The van der Waals surface area contributed by atoms with Gasteiger partial charge in [0, 0.05) is 57.5 Å². The minimum atomic E-state index is 0.141. The zero-order chi connectivity index (χ0) is 22.1. The highest BCUT2D eigenvalue weighted by molar-refractivity contribution is 5.79. The predicted octanol–water partition coefficient (Wildman–Crippen LogP) is 3.87. The SMILES string of the molecule is CCNC(=NCC1CCCOC1C(C)(C)C)NCCc1nccn1Cc1ccccc1. The van der Waals surface area contributed by atoms with E-state index >= 15 is 0 Å². The number of guanidine groups is 1. The summed E-state index contributed by atoms with van der Waals surface area (Å²) in [4.78, 5) is 9.45. The van der Waals surface area contributed by atoms with Crippen LogP contribution in [0.15, 0.2) is 47.7 Å². The van der Waals surface area contributed by atoms with Crippen LogP contribution in [0.5, 0.6) is 0 Å². The fourth-order valence-electron chi connectivity index (χ4n) is 4.32. The van der Waals surface area contributed by atoms with Crippen LogP contribution < -0.4 is 10.6 Å². The van der Waals surface area contributed by atoms with Crippen molar-refractivity contribution < 1.29 is 4.74 Å². The molecule has 2 aromatic rings. The Hall–Kier alpha value is -2.34. The molecule has 170 valence electrons. The largest absolute Gasteiger partial charge is 0.377 e. The van der Waals surface area contributed by atoms with Gasteiger partial charge >= 0.3 is 0 Å². The van der Waals surface area contributed by atoms with Crippen LogP contribution in [0.1, 0.15) is 51.9 Å². The summed E-state index contributed by atoms with van der Waals surface area (Å²) < 4.78 is 8.33. The van der Waals surface area contributed by atoms with Crippen molar-refractivity contribution in [2.75, 3.05) is 26.2 Å². The first-order valence-electron chi connectivity index (χ1n) is 11.6. The van der Waals surface area contributed by atoms with Gasteiger partial charge in [0.05, 0.1) is 6.10 Å². The zero-order valence-corrected chi connectivity index (χ0v) is 19.6. The highest BCUT2D eigenvalue weighted by Gasteiger charge is 2.35. The minimum absolute atomic E-state index is 0.141. The van der Waals surface area contributed by atoms with Gasteiger partial charge in [0.15, 0.2) is 5.96 Å². The first kappa shape index (κ1) is 23.3. The van der Waals surface area contributed by atoms with Gasteiger partial charge in [-0.2, -0.15) is 0 Å². The van der Waals surface area contributed by atoms with Crippen LogP contribution in [0, 0.1) is 11.3 Å². The maximum atomic E-state index is 6.12. The van der Waals surface area contributed by atoms with E-state index in [0.717, 1.165) is 57.4 Å². The maximum absolute atomic E-state index is 6.12. The molecule has 3 rings (SSSR count). The third-order valence-corrected chi connectivity index (χ3v) is 5.76. The number of nitrogens with zero attached hydrogens (tertiary/aromatic N) is 3. The normalized spacial score (nSPS) is 19.9. The van der Waals surface area contributed by atoms with Gasteiger partial charge in [-0.15, -0.1) is 0 Å². The van der Waals surface area contributed by atoms with Crippen LogP contribution in [0.4, 0.5) is 0 Å². The average molecular weight is 426 g/mol. The molecule has 1 aromatic heterocycles. The van der Waals surface area contributed by atoms with E-state index in [9.17, 15) is 0 Å². The molecule has 0 aliphatic carbocycles. The summed E-state index contributed by atoms with van der Waals surface area (Å²) in [5.74, 6) is 2.43. The molecule has 1 aliphatic heterocycles. The molecule has 0 amide bonds. The van der Waals surface area contributed by atoms with E-state index in [1.54, 1.807) is 0 Å². The molecule has 6 heteroatoms. The second-order valence-electron chi connectivity index (χ2n) is 9.41. The molecule has 2 N–H and O–H groups in total. The Morgan fingerprint density at radius 3 is 2.77 bits per heavy atom. The van der Waals surface area contributed by atoms with Crippen molar-refractivity contribution in [1.29, 1.82) is 0 Å². The van der Waals surface area contributed by atoms with Crippen molar-refractivity contribution in [2.45, 2.75) is 59.6 Å². The van der Waals surface area contributed by atoms with Gasteiger partial charge in [-0.1, -0.05) is 51.1 Å². The molecule has 1 aliphatic rings. The number of imidazole rings is 1. The quantitative estimate of drug-likeness (QED) is 0.498. The van der Waals surface area contributed by atoms with Gasteiger partial charge in [0.1, 0.15) is 5.82 Å². The molecule has 6 nitrogen and oxygen atoms in total.